The Kier molecular flexibility index (Phi) is 5.63. The van der Waals surface area contributed by atoms with Crippen molar-refractivity contribution in [1.82, 2.24) is 15.5 Å². The van der Waals surface area contributed by atoms with Crippen LogP contribution in [0.5, 0.6) is 0 Å². The lowest BCUT2D eigenvalue weighted by Crippen LogP contribution is -2.48. The lowest BCUT2D eigenvalue weighted by Gasteiger charge is -2.33. The number of amides is 1. The molecule has 2 N–H and O–H groups in total. The maximum absolute atomic E-state index is 12.4. The van der Waals surface area contributed by atoms with Crippen LogP contribution in [0.2, 0.25) is 5.02 Å². The zero-order chi connectivity index (χ0) is 19.3. The molecule has 4 rings (SSSR count). The minimum Gasteiger partial charge on any atom is -0.353 e. The first kappa shape index (κ1) is 18.6. The Hall–Kier alpha value is -2.79. The molecule has 6 heteroatoms. The second-order valence-electron chi connectivity index (χ2n) is 7.16. The van der Waals surface area contributed by atoms with Crippen LogP contribution in [0.1, 0.15) is 18.4 Å². The molecule has 144 valence electrons. The smallest absolute Gasteiger partial charge is 0.224 e. The summed E-state index contributed by atoms with van der Waals surface area (Å²) in [6.45, 7) is 1.71. The largest absolute Gasteiger partial charge is 0.353 e. The SMILES string of the molecule is O=C(Cc1ccccc1)NC1CCCN(c2cc(-c3ccc(Cl)cc3)[nH]n2)C1. The number of rotatable bonds is 5. The quantitative estimate of drug-likeness (QED) is 0.686. The van der Waals surface area contributed by atoms with Crippen molar-refractivity contribution >= 4 is 23.3 Å². The fraction of sp³-hybridized carbons (Fsp3) is 0.273. The summed E-state index contributed by atoms with van der Waals surface area (Å²) in [4.78, 5) is 14.6. The van der Waals surface area contributed by atoms with Gasteiger partial charge in [0.1, 0.15) is 0 Å². The maximum atomic E-state index is 12.4. The van der Waals surface area contributed by atoms with E-state index in [4.69, 9.17) is 11.6 Å². The number of aromatic nitrogens is 2. The molecule has 1 atom stereocenters. The highest BCUT2D eigenvalue weighted by molar-refractivity contribution is 6.30. The number of aromatic amines is 1. The van der Waals surface area contributed by atoms with Crippen LogP contribution < -0.4 is 10.2 Å². The van der Waals surface area contributed by atoms with E-state index < -0.39 is 0 Å². The third-order valence-corrected chi connectivity index (χ3v) is 5.29. The third kappa shape index (κ3) is 4.54. The molecule has 2 heterocycles. The molecule has 1 aliphatic heterocycles. The van der Waals surface area contributed by atoms with Gasteiger partial charge in [0.2, 0.25) is 5.91 Å². The van der Waals surface area contributed by atoms with Gasteiger partial charge in [0.05, 0.1) is 12.1 Å². The summed E-state index contributed by atoms with van der Waals surface area (Å²) in [6, 6.07) is 19.7. The molecule has 2 aromatic carbocycles. The topological polar surface area (TPSA) is 61.0 Å². The highest BCUT2D eigenvalue weighted by Gasteiger charge is 2.23. The molecule has 1 amide bonds. The van der Waals surface area contributed by atoms with E-state index in [-0.39, 0.29) is 11.9 Å². The van der Waals surface area contributed by atoms with Crippen LogP contribution in [0.3, 0.4) is 0 Å². The van der Waals surface area contributed by atoms with Crippen molar-refractivity contribution in [3.63, 3.8) is 0 Å². The van der Waals surface area contributed by atoms with Crippen LogP contribution >= 0.6 is 11.6 Å². The minimum absolute atomic E-state index is 0.0712. The van der Waals surface area contributed by atoms with Gasteiger partial charge in [-0.2, -0.15) is 5.10 Å². The molecule has 1 aromatic heterocycles. The second kappa shape index (κ2) is 8.48. The highest BCUT2D eigenvalue weighted by atomic mass is 35.5. The molecule has 3 aromatic rings. The van der Waals surface area contributed by atoms with Gasteiger partial charge in [0.15, 0.2) is 5.82 Å². The Bertz CT molecular complexity index is 923. The van der Waals surface area contributed by atoms with E-state index in [9.17, 15) is 4.79 Å². The Labute approximate surface area is 169 Å². The number of anilines is 1. The predicted molar refractivity (Wildman–Crippen MR) is 113 cm³/mol. The van der Waals surface area contributed by atoms with Gasteiger partial charge in [0.25, 0.3) is 0 Å². The summed E-state index contributed by atoms with van der Waals surface area (Å²) < 4.78 is 0. The van der Waals surface area contributed by atoms with Gasteiger partial charge >= 0.3 is 0 Å². The molecule has 1 unspecified atom stereocenters. The number of hydrogen-bond donors (Lipinski definition) is 2. The zero-order valence-corrected chi connectivity index (χ0v) is 16.3. The maximum Gasteiger partial charge on any atom is 0.224 e. The number of carbonyl (C=O) groups is 1. The number of nitrogens with zero attached hydrogens (tertiary/aromatic N) is 2. The summed E-state index contributed by atoms with van der Waals surface area (Å²) in [5.74, 6) is 0.980. The molecule has 0 saturated carbocycles. The number of nitrogens with one attached hydrogen (secondary N) is 2. The molecule has 0 radical (unpaired) electrons. The molecule has 0 aliphatic carbocycles. The minimum atomic E-state index is 0.0712. The fourth-order valence-corrected chi connectivity index (χ4v) is 3.74. The van der Waals surface area contributed by atoms with Crippen molar-refractivity contribution in [3.05, 3.63) is 71.2 Å². The highest BCUT2D eigenvalue weighted by Crippen LogP contribution is 2.25. The summed E-state index contributed by atoms with van der Waals surface area (Å²) >= 11 is 5.97. The summed E-state index contributed by atoms with van der Waals surface area (Å²) in [6.07, 6.45) is 2.44. The lowest BCUT2D eigenvalue weighted by atomic mass is 10.0. The van der Waals surface area contributed by atoms with Gasteiger partial charge in [0, 0.05) is 30.2 Å². The van der Waals surface area contributed by atoms with Crippen molar-refractivity contribution in [2.45, 2.75) is 25.3 Å². The average Bonchev–Trinajstić information content (AvgIpc) is 3.20. The van der Waals surface area contributed by atoms with E-state index in [0.29, 0.717) is 11.4 Å². The Balaban J connectivity index is 1.37. The number of carbonyl (C=O) groups excluding carboxylic acids is 1. The normalized spacial score (nSPS) is 16.8. The van der Waals surface area contributed by atoms with E-state index in [2.05, 4.69) is 26.5 Å². The van der Waals surface area contributed by atoms with Crippen molar-refractivity contribution < 1.29 is 4.79 Å². The predicted octanol–water partition coefficient (Wildman–Crippen LogP) is 4.06. The van der Waals surface area contributed by atoms with Gasteiger partial charge in [-0.3, -0.25) is 9.89 Å². The van der Waals surface area contributed by atoms with Gasteiger partial charge in [-0.15, -0.1) is 0 Å². The van der Waals surface area contributed by atoms with E-state index in [1.807, 2.05) is 54.6 Å². The first-order valence-corrected chi connectivity index (χ1v) is 9.95. The zero-order valence-electron chi connectivity index (χ0n) is 15.6. The Morgan fingerprint density at radius 1 is 1.18 bits per heavy atom. The van der Waals surface area contributed by atoms with Crippen LogP contribution in [0.25, 0.3) is 11.3 Å². The van der Waals surface area contributed by atoms with E-state index in [0.717, 1.165) is 48.6 Å². The van der Waals surface area contributed by atoms with Crippen LogP contribution in [0, 0.1) is 0 Å². The molecule has 0 bridgehead atoms. The monoisotopic (exact) mass is 394 g/mol. The number of halogens is 1. The second-order valence-corrected chi connectivity index (χ2v) is 7.60. The summed E-state index contributed by atoms with van der Waals surface area (Å²) in [5.41, 5.74) is 3.04. The van der Waals surface area contributed by atoms with Crippen molar-refractivity contribution in [2.24, 2.45) is 0 Å². The van der Waals surface area contributed by atoms with E-state index in [1.54, 1.807) is 0 Å². The molecule has 0 spiro atoms. The molecular formula is C22H23ClN4O. The summed E-state index contributed by atoms with van der Waals surface area (Å²) in [7, 11) is 0. The van der Waals surface area contributed by atoms with E-state index in [1.165, 1.54) is 0 Å². The molecule has 5 nitrogen and oxygen atoms in total. The van der Waals surface area contributed by atoms with Crippen molar-refractivity contribution in [1.29, 1.82) is 0 Å². The van der Waals surface area contributed by atoms with Crippen LogP contribution in [0.4, 0.5) is 5.82 Å². The van der Waals surface area contributed by atoms with Gasteiger partial charge in [-0.1, -0.05) is 54.1 Å². The third-order valence-electron chi connectivity index (χ3n) is 5.04. The van der Waals surface area contributed by atoms with Crippen LogP contribution in [0.15, 0.2) is 60.7 Å². The van der Waals surface area contributed by atoms with Crippen molar-refractivity contribution in [2.75, 3.05) is 18.0 Å². The Morgan fingerprint density at radius 3 is 2.75 bits per heavy atom. The first-order valence-electron chi connectivity index (χ1n) is 9.57. The lowest BCUT2D eigenvalue weighted by molar-refractivity contribution is -0.121. The van der Waals surface area contributed by atoms with Crippen LogP contribution in [-0.4, -0.2) is 35.2 Å². The molecular weight excluding hydrogens is 372 g/mol. The summed E-state index contributed by atoms with van der Waals surface area (Å²) in [5, 5.41) is 11.5. The number of H-pyrrole nitrogens is 1. The first-order chi connectivity index (χ1) is 13.7. The number of piperidine rings is 1. The Morgan fingerprint density at radius 2 is 1.96 bits per heavy atom. The van der Waals surface area contributed by atoms with Crippen LogP contribution in [-0.2, 0) is 11.2 Å². The van der Waals surface area contributed by atoms with Crippen molar-refractivity contribution in [3.8, 4) is 11.3 Å². The molecule has 1 saturated heterocycles. The number of benzene rings is 2. The van der Waals surface area contributed by atoms with Gasteiger partial charge in [-0.25, -0.2) is 0 Å². The molecule has 28 heavy (non-hydrogen) atoms. The molecule has 1 fully saturated rings. The molecule has 1 aliphatic rings. The fourth-order valence-electron chi connectivity index (χ4n) is 3.61. The average molecular weight is 395 g/mol. The standard InChI is InChI=1S/C22H23ClN4O/c23-18-10-8-17(9-11-18)20-14-21(26-25-20)27-12-4-7-19(15-27)24-22(28)13-16-5-2-1-3-6-16/h1-3,5-6,8-11,14,19H,4,7,12-13,15H2,(H,24,28)(H,25,26). The van der Waals surface area contributed by atoms with Gasteiger partial charge < -0.3 is 10.2 Å². The van der Waals surface area contributed by atoms with Gasteiger partial charge in [-0.05, 0) is 36.1 Å². The number of hydrogen-bond acceptors (Lipinski definition) is 3. The van der Waals surface area contributed by atoms with E-state index >= 15 is 0 Å².